The molecule has 0 amide bonds. The summed E-state index contributed by atoms with van der Waals surface area (Å²) >= 11 is 0. The molecule has 1 aliphatic heterocycles. The molecule has 0 radical (unpaired) electrons. The Morgan fingerprint density at radius 1 is 1.36 bits per heavy atom. The molecule has 6 nitrogen and oxygen atoms in total. The van der Waals surface area contributed by atoms with Crippen LogP contribution in [-0.4, -0.2) is 57.7 Å². The van der Waals surface area contributed by atoms with Crippen molar-refractivity contribution < 1.29 is 13.2 Å². The Morgan fingerprint density at radius 2 is 2.08 bits per heavy atom. The zero-order valence-corrected chi connectivity index (χ0v) is 16.6. The molecule has 7 heteroatoms. The predicted octanol–water partition coefficient (Wildman–Crippen LogP) is 1.71. The van der Waals surface area contributed by atoms with E-state index in [9.17, 15) is 8.42 Å². The molecule has 2 N–H and O–H groups in total. The third-order valence-corrected chi connectivity index (χ3v) is 7.18. The molecule has 1 heterocycles. The Hall–Kier alpha value is -0.820. The second-order valence-electron chi connectivity index (χ2n) is 8.09. The van der Waals surface area contributed by atoms with E-state index >= 15 is 0 Å². The number of hydrogen-bond acceptors (Lipinski definition) is 4. The second-order valence-corrected chi connectivity index (χ2v) is 10.4. The average Bonchev–Trinajstić information content (AvgIpc) is 3.18. The SMILES string of the molecule is CCN=C(NC(C)CCS(C)(=O)=O)NC1C2CCOC2C12CCCC2. The Labute approximate surface area is 152 Å². The van der Waals surface area contributed by atoms with Gasteiger partial charge >= 0.3 is 0 Å². The minimum absolute atomic E-state index is 0.0720. The molecule has 4 unspecified atom stereocenters. The van der Waals surface area contributed by atoms with E-state index in [0.29, 0.717) is 31.0 Å². The maximum absolute atomic E-state index is 11.4. The number of guanidine groups is 1. The summed E-state index contributed by atoms with van der Waals surface area (Å²) in [5, 5.41) is 7.11. The number of nitrogens with zero attached hydrogens (tertiary/aromatic N) is 1. The monoisotopic (exact) mass is 371 g/mol. The number of hydrogen-bond donors (Lipinski definition) is 2. The molecule has 3 aliphatic rings. The van der Waals surface area contributed by atoms with Crippen molar-refractivity contribution in [2.75, 3.05) is 25.2 Å². The van der Waals surface area contributed by atoms with E-state index in [1.807, 2.05) is 13.8 Å². The van der Waals surface area contributed by atoms with Gasteiger partial charge in [0.15, 0.2) is 5.96 Å². The summed E-state index contributed by atoms with van der Waals surface area (Å²) in [4.78, 5) is 4.60. The molecule has 3 fully saturated rings. The van der Waals surface area contributed by atoms with Crippen LogP contribution >= 0.6 is 0 Å². The number of nitrogens with one attached hydrogen (secondary N) is 2. The molecule has 25 heavy (non-hydrogen) atoms. The Balaban J connectivity index is 1.62. The van der Waals surface area contributed by atoms with E-state index in [4.69, 9.17) is 4.74 Å². The van der Waals surface area contributed by atoms with Crippen LogP contribution in [0, 0.1) is 11.3 Å². The van der Waals surface area contributed by atoms with Crippen molar-refractivity contribution >= 4 is 15.8 Å². The number of fused-ring (bicyclic) bond motifs is 2. The Morgan fingerprint density at radius 3 is 2.72 bits per heavy atom. The quantitative estimate of drug-likeness (QED) is 0.549. The fraction of sp³-hybridized carbons (Fsp3) is 0.944. The fourth-order valence-electron chi connectivity index (χ4n) is 5.04. The highest BCUT2D eigenvalue weighted by Crippen LogP contribution is 2.60. The minimum atomic E-state index is -2.93. The van der Waals surface area contributed by atoms with Gasteiger partial charge in [0.05, 0.1) is 11.9 Å². The van der Waals surface area contributed by atoms with E-state index < -0.39 is 9.84 Å². The van der Waals surface area contributed by atoms with Crippen molar-refractivity contribution in [1.82, 2.24) is 10.6 Å². The topological polar surface area (TPSA) is 79.8 Å². The summed E-state index contributed by atoms with van der Waals surface area (Å²) in [5.41, 5.74) is 0.285. The molecule has 0 aromatic carbocycles. The summed E-state index contributed by atoms with van der Waals surface area (Å²) in [6.45, 7) is 5.63. The summed E-state index contributed by atoms with van der Waals surface area (Å²) in [7, 11) is -2.93. The molecule has 1 spiro atoms. The van der Waals surface area contributed by atoms with Gasteiger partial charge in [-0.1, -0.05) is 12.8 Å². The first-order valence-electron chi connectivity index (χ1n) is 9.72. The van der Waals surface area contributed by atoms with Gasteiger partial charge in [-0.15, -0.1) is 0 Å². The van der Waals surface area contributed by atoms with Crippen LogP contribution in [0.2, 0.25) is 0 Å². The van der Waals surface area contributed by atoms with Crippen molar-refractivity contribution in [3.8, 4) is 0 Å². The molecule has 2 saturated carbocycles. The van der Waals surface area contributed by atoms with Gasteiger partial charge < -0.3 is 15.4 Å². The van der Waals surface area contributed by atoms with Gasteiger partial charge in [-0.3, -0.25) is 4.99 Å². The fourth-order valence-corrected chi connectivity index (χ4v) is 5.82. The summed E-state index contributed by atoms with van der Waals surface area (Å²) < 4.78 is 28.8. The van der Waals surface area contributed by atoms with Crippen LogP contribution in [-0.2, 0) is 14.6 Å². The van der Waals surface area contributed by atoms with Crippen molar-refractivity contribution in [2.24, 2.45) is 16.3 Å². The minimum Gasteiger partial charge on any atom is -0.377 e. The molecular weight excluding hydrogens is 338 g/mol. The van der Waals surface area contributed by atoms with Crippen LogP contribution < -0.4 is 10.6 Å². The molecule has 1 saturated heterocycles. The maximum Gasteiger partial charge on any atom is 0.191 e. The largest absolute Gasteiger partial charge is 0.377 e. The van der Waals surface area contributed by atoms with Gasteiger partial charge in [-0.25, -0.2) is 8.42 Å². The van der Waals surface area contributed by atoms with Gasteiger partial charge in [0.2, 0.25) is 0 Å². The number of ether oxygens (including phenoxy) is 1. The van der Waals surface area contributed by atoms with E-state index in [2.05, 4.69) is 15.6 Å². The zero-order valence-electron chi connectivity index (χ0n) is 15.8. The molecule has 0 aromatic rings. The molecule has 0 aromatic heterocycles. The lowest BCUT2D eigenvalue weighted by molar-refractivity contribution is -0.125. The predicted molar refractivity (Wildman–Crippen MR) is 101 cm³/mol. The Bertz CT molecular complexity index is 599. The van der Waals surface area contributed by atoms with Gasteiger partial charge in [-0.2, -0.15) is 0 Å². The van der Waals surface area contributed by atoms with E-state index in [-0.39, 0.29) is 17.2 Å². The summed E-state index contributed by atoms with van der Waals surface area (Å²) in [6.07, 6.45) is 8.52. The van der Waals surface area contributed by atoms with Gasteiger partial charge in [0.25, 0.3) is 0 Å². The average molecular weight is 372 g/mol. The lowest BCUT2D eigenvalue weighted by Crippen LogP contribution is -2.69. The number of rotatable bonds is 6. The highest BCUT2D eigenvalue weighted by Gasteiger charge is 2.65. The molecule has 144 valence electrons. The molecule has 3 rings (SSSR count). The van der Waals surface area contributed by atoms with Crippen molar-refractivity contribution in [1.29, 1.82) is 0 Å². The van der Waals surface area contributed by atoms with Gasteiger partial charge in [0, 0.05) is 42.8 Å². The number of aliphatic imine (C=N–C) groups is 1. The molecule has 2 aliphatic carbocycles. The summed E-state index contributed by atoms with van der Waals surface area (Å²) in [5.74, 6) is 1.62. The van der Waals surface area contributed by atoms with Gasteiger partial charge in [-0.05, 0) is 39.5 Å². The maximum atomic E-state index is 11.4. The van der Waals surface area contributed by atoms with Crippen LogP contribution in [0.1, 0.15) is 52.4 Å². The lowest BCUT2D eigenvalue weighted by atomic mass is 9.54. The van der Waals surface area contributed by atoms with Crippen molar-refractivity contribution in [3.63, 3.8) is 0 Å². The van der Waals surface area contributed by atoms with E-state index in [1.54, 1.807) is 0 Å². The van der Waals surface area contributed by atoms with Crippen LogP contribution in [0.25, 0.3) is 0 Å². The molecular formula is C18H33N3O3S. The molecule has 0 bridgehead atoms. The first-order chi connectivity index (χ1) is 11.9. The lowest BCUT2D eigenvalue weighted by Gasteiger charge is -2.57. The van der Waals surface area contributed by atoms with E-state index in [1.165, 1.54) is 31.9 Å². The standard InChI is InChI=1S/C18H33N3O3S/c1-4-19-17(20-13(2)8-12-25(3,22)23)21-15-14-7-11-24-16(14)18(15)9-5-6-10-18/h13-16H,4-12H2,1-3H3,(H2,19,20,21). The normalized spacial score (nSPS) is 32.3. The smallest absolute Gasteiger partial charge is 0.191 e. The zero-order chi connectivity index (χ0) is 18.1. The molecule has 4 atom stereocenters. The third-order valence-electron chi connectivity index (χ3n) is 6.20. The first kappa shape index (κ1) is 19.0. The van der Waals surface area contributed by atoms with Crippen LogP contribution in [0.5, 0.6) is 0 Å². The van der Waals surface area contributed by atoms with Crippen molar-refractivity contribution in [3.05, 3.63) is 0 Å². The second kappa shape index (κ2) is 7.43. The van der Waals surface area contributed by atoms with Crippen LogP contribution in [0.4, 0.5) is 0 Å². The first-order valence-corrected chi connectivity index (χ1v) is 11.8. The van der Waals surface area contributed by atoms with Gasteiger partial charge in [0.1, 0.15) is 9.84 Å². The Kier molecular flexibility index (Phi) is 5.63. The van der Waals surface area contributed by atoms with Crippen LogP contribution in [0.3, 0.4) is 0 Å². The van der Waals surface area contributed by atoms with Crippen LogP contribution in [0.15, 0.2) is 4.99 Å². The summed E-state index contributed by atoms with van der Waals surface area (Å²) in [6, 6.07) is 0.505. The third kappa shape index (κ3) is 3.97. The highest BCUT2D eigenvalue weighted by atomic mass is 32.2. The number of sulfone groups is 1. The van der Waals surface area contributed by atoms with Crippen molar-refractivity contribution in [2.45, 2.75) is 70.6 Å². The van der Waals surface area contributed by atoms with E-state index in [0.717, 1.165) is 19.0 Å². The highest BCUT2D eigenvalue weighted by molar-refractivity contribution is 7.90.